The van der Waals surface area contributed by atoms with Crippen LogP contribution in [0.15, 0.2) is 0 Å². The summed E-state index contributed by atoms with van der Waals surface area (Å²) in [6.07, 6.45) is 3.99. The summed E-state index contributed by atoms with van der Waals surface area (Å²) in [6.45, 7) is 3.85. The lowest BCUT2D eigenvalue weighted by molar-refractivity contribution is -0.167. The van der Waals surface area contributed by atoms with E-state index >= 15 is 0 Å². The van der Waals surface area contributed by atoms with Crippen molar-refractivity contribution in [2.45, 2.75) is 58.8 Å². The molecule has 20 heavy (non-hydrogen) atoms. The monoisotopic (exact) mass is 284 g/mol. The van der Waals surface area contributed by atoms with Crippen molar-refractivity contribution in [2.75, 3.05) is 13.2 Å². The maximum atomic E-state index is 12.4. The molecule has 114 valence electrons. The van der Waals surface area contributed by atoms with Gasteiger partial charge in [-0.3, -0.25) is 14.4 Å². The predicted molar refractivity (Wildman–Crippen MR) is 73.0 cm³/mol. The molecule has 0 saturated heterocycles. The van der Waals surface area contributed by atoms with Crippen molar-refractivity contribution in [3.05, 3.63) is 0 Å². The van der Waals surface area contributed by atoms with Crippen LogP contribution in [0.2, 0.25) is 0 Å². The van der Waals surface area contributed by atoms with E-state index in [1.165, 1.54) is 0 Å². The first kappa shape index (κ1) is 16.7. The molecule has 0 radical (unpaired) electrons. The average Bonchev–Trinajstić information content (AvgIpc) is 2.39. The summed E-state index contributed by atoms with van der Waals surface area (Å²) in [5.41, 5.74) is -1.33. The van der Waals surface area contributed by atoms with Crippen LogP contribution in [0.5, 0.6) is 0 Å². The number of esters is 2. The molecule has 1 aliphatic rings. The van der Waals surface area contributed by atoms with Crippen molar-refractivity contribution < 1.29 is 23.9 Å². The topological polar surface area (TPSA) is 69.7 Å². The first-order valence-electron chi connectivity index (χ1n) is 7.43. The van der Waals surface area contributed by atoms with Gasteiger partial charge in [-0.2, -0.15) is 0 Å². The smallest absolute Gasteiger partial charge is 0.320 e. The van der Waals surface area contributed by atoms with Gasteiger partial charge in [0.2, 0.25) is 0 Å². The Morgan fingerprint density at radius 2 is 1.70 bits per heavy atom. The molecule has 1 fully saturated rings. The normalized spacial score (nSPS) is 23.6. The number of ketones is 1. The van der Waals surface area contributed by atoms with Crippen LogP contribution in [-0.2, 0) is 23.9 Å². The summed E-state index contributed by atoms with van der Waals surface area (Å²) >= 11 is 0. The Balaban J connectivity index is 2.98. The number of hydrogen-bond acceptors (Lipinski definition) is 5. The fourth-order valence-corrected chi connectivity index (χ4v) is 2.65. The zero-order valence-electron chi connectivity index (χ0n) is 12.4. The van der Waals surface area contributed by atoms with Gasteiger partial charge < -0.3 is 9.47 Å². The van der Waals surface area contributed by atoms with Gasteiger partial charge in [0, 0.05) is 6.42 Å². The molecule has 0 aliphatic heterocycles. The van der Waals surface area contributed by atoms with Gasteiger partial charge in [0.05, 0.1) is 19.6 Å². The minimum absolute atomic E-state index is 0.177. The molecule has 1 saturated carbocycles. The molecule has 5 nitrogen and oxygen atoms in total. The van der Waals surface area contributed by atoms with E-state index in [0.29, 0.717) is 12.8 Å². The average molecular weight is 284 g/mol. The maximum Gasteiger partial charge on any atom is 0.320 e. The molecule has 0 heterocycles. The molecule has 0 amide bonds. The summed E-state index contributed by atoms with van der Waals surface area (Å²) < 4.78 is 9.98. The van der Waals surface area contributed by atoms with Crippen molar-refractivity contribution in [1.29, 1.82) is 0 Å². The van der Waals surface area contributed by atoms with Crippen LogP contribution in [0, 0.1) is 5.41 Å². The molecule has 1 atom stereocenters. The van der Waals surface area contributed by atoms with Crippen molar-refractivity contribution in [3.8, 4) is 0 Å². The highest BCUT2D eigenvalue weighted by atomic mass is 16.5. The van der Waals surface area contributed by atoms with Crippen LogP contribution in [0.4, 0.5) is 0 Å². The van der Waals surface area contributed by atoms with Gasteiger partial charge >= 0.3 is 11.9 Å². The molecule has 1 unspecified atom stereocenters. The van der Waals surface area contributed by atoms with E-state index in [9.17, 15) is 14.4 Å². The van der Waals surface area contributed by atoms with Crippen LogP contribution >= 0.6 is 0 Å². The largest absolute Gasteiger partial charge is 0.466 e. The molecular weight excluding hydrogens is 260 g/mol. The molecule has 0 spiro atoms. The molecule has 0 N–H and O–H groups in total. The van der Waals surface area contributed by atoms with E-state index in [0.717, 1.165) is 25.7 Å². The number of carbonyl (C=O) groups excluding carboxylic acids is 3. The summed E-state index contributed by atoms with van der Waals surface area (Å²) in [5.74, 6) is -1.25. The summed E-state index contributed by atoms with van der Waals surface area (Å²) in [4.78, 5) is 36.5. The molecular formula is C15H24O5. The summed E-state index contributed by atoms with van der Waals surface area (Å²) in [5, 5.41) is 0. The van der Waals surface area contributed by atoms with Crippen molar-refractivity contribution in [3.63, 3.8) is 0 Å². The SMILES string of the molecule is CCOC(=O)CC1(C(=O)OCC)CCCCCCC1=O. The van der Waals surface area contributed by atoms with E-state index in [2.05, 4.69) is 0 Å². The third kappa shape index (κ3) is 4.05. The molecule has 0 aromatic heterocycles. The lowest BCUT2D eigenvalue weighted by atomic mass is 9.72. The van der Waals surface area contributed by atoms with Gasteiger partial charge in [-0.25, -0.2) is 0 Å². The number of Topliss-reactive ketones (excluding diaryl/α,β-unsaturated/α-hetero) is 1. The number of ether oxygens (including phenoxy) is 2. The molecule has 1 aliphatic carbocycles. The van der Waals surface area contributed by atoms with Crippen molar-refractivity contribution in [1.82, 2.24) is 0 Å². The van der Waals surface area contributed by atoms with E-state index in [-0.39, 0.29) is 25.4 Å². The zero-order valence-corrected chi connectivity index (χ0v) is 12.4. The van der Waals surface area contributed by atoms with Gasteiger partial charge in [-0.1, -0.05) is 19.3 Å². The van der Waals surface area contributed by atoms with Gasteiger partial charge in [-0.15, -0.1) is 0 Å². The predicted octanol–water partition coefficient (Wildman–Crippen LogP) is 2.41. The van der Waals surface area contributed by atoms with Crippen LogP contribution < -0.4 is 0 Å². The number of rotatable bonds is 5. The Morgan fingerprint density at radius 1 is 1.05 bits per heavy atom. The fraction of sp³-hybridized carbons (Fsp3) is 0.800. The lowest BCUT2D eigenvalue weighted by Gasteiger charge is -2.30. The summed E-state index contributed by atoms with van der Waals surface area (Å²) in [7, 11) is 0. The second kappa shape index (κ2) is 8.02. The fourth-order valence-electron chi connectivity index (χ4n) is 2.65. The highest BCUT2D eigenvalue weighted by molar-refractivity contribution is 6.06. The minimum atomic E-state index is -1.33. The van der Waals surface area contributed by atoms with Gasteiger partial charge in [0.1, 0.15) is 5.41 Å². The second-order valence-electron chi connectivity index (χ2n) is 5.12. The Morgan fingerprint density at radius 3 is 2.35 bits per heavy atom. The Bertz CT molecular complexity index is 353. The zero-order chi connectivity index (χ0) is 15.0. The number of hydrogen-bond donors (Lipinski definition) is 0. The Kier molecular flexibility index (Phi) is 6.68. The van der Waals surface area contributed by atoms with Crippen molar-refractivity contribution >= 4 is 17.7 Å². The highest BCUT2D eigenvalue weighted by Gasteiger charge is 2.48. The standard InChI is InChI=1S/C15H24O5/c1-3-19-13(17)11-15(14(18)20-4-2)10-8-6-5-7-9-12(15)16/h3-11H2,1-2H3. The van der Waals surface area contributed by atoms with Gasteiger partial charge in [0.15, 0.2) is 5.78 Å². The third-order valence-electron chi connectivity index (χ3n) is 3.71. The van der Waals surface area contributed by atoms with E-state index in [4.69, 9.17) is 9.47 Å². The van der Waals surface area contributed by atoms with Crippen LogP contribution in [0.3, 0.4) is 0 Å². The Hall–Kier alpha value is -1.39. The summed E-state index contributed by atoms with van der Waals surface area (Å²) in [6, 6.07) is 0. The molecule has 0 bridgehead atoms. The second-order valence-corrected chi connectivity index (χ2v) is 5.12. The van der Waals surface area contributed by atoms with Gasteiger partial charge in [0.25, 0.3) is 0 Å². The number of carbonyl (C=O) groups is 3. The highest BCUT2D eigenvalue weighted by Crippen LogP contribution is 2.36. The molecule has 0 aromatic carbocycles. The Labute approximate surface area is 120 Å². The van der Waals surface area contributed by atoms with Crippen LogP contribution in [0.25, 0.3) is 0 Å². The van der Waals surface area contributed by atoms with E-state index in [1.54, 1.807) is 13.8 Å². The lowest BCUT2D eigenvalue weighted by Crippen LogP contribution is -2.43. The first-order chi connectivity index (χ1) is 9.56. The van der Waals surface area contributed by atoms with E-state index in [1.807, 2.05) is 0 Å². The molecule has 1 rings (SSSR count). The maximum absolute atomic E-state index is 12.4. The first-order valence-corrected chi connectivity index (χ1v) is 7.43. The van der Waals surface area contributed by atoms with Gasteiger partial charge in [-0.05, 0) is 26.7 Å². The minimum Gasteiger partial charge on any atom is -0.466 e. The van der Waals surface area contributed by atoms with E-state index < -0.39 is 17.4 Å². The third-order valence-corrected chi connectivity index (χ3v) is 3.71. The molecule has 0 aromatic rings. The van der Waals surface area contributed by atoms with Crippen molar-refractivity contribution in [2.24, 2.45) is 5.41 Å². The van der Waals surface area contributed by atoms with Crippen LogP contribution in [0.1, 0.15) is 58.8 Å². The van der Waals surface area contributed by atoms with Crippen LogP contribution in [-0.4, -0.2) is 30.9 Å². The molecule has 5 heteroatoms. The quantitative estimate of drug-likeness (QED) is 0.573.